The maximum atomic E-state index is 13.3. The van der Waals surface area contributed by atoms with Crippen LogP contribution in [0.1, 0.15) is 22.5 Å². The van der Waals surface area contributed by atoms with E-state index >= 15 is 0 Å². The number of amides is 1. The molecular weight excluding hydrogens is 484 g/mol. The summed E-state index contributed by atoms with van der Waals surface area (Å²) in [5.74, 6) is 2.16. The summed E-state index contributed by atoms with van der Waals surface area (Å²) in [6.45, 7) is 1.39. The zero-order valence-electron chi connectivity index (χ0n) is 21.5. The molecule has 0 aliphatic rings. The lowest BCUT2D eigenvalue weighted by Crippen LogP contribution is -2.39. The molecule has 0 aliphatic heterocycles. The van der Waals surface area contributed by atoms with Gasteiger partial charge in [0.25, 0.3) is 0 Å². The van der Waals surface area contributed by atoms with Gasteiger partial charge in [0.1, 0.15) is 5.82 Å². The SMILES string of the molecule is COc1ccc(CCN(C)C(=O)CN(Cc2ccccc2)c2nc(Cc3ccccc3)ns2)cc1OC. The van der Waals surface area contributed by atoms with E-state index in [1.165, 1.54) is 11.5 Å². The normalized spacial score (nSPS) is 10.7. The topological polar surface area (TPSA) is 67.8 Å². The summed E-state index contributed by atoms with van der Waals surface area (Å²) in [6, 6.07) is 26.1. The second kappa shape index (κ2) is 12.9. The second-order valence-electron chi connectivity index (χ2n) is 8.75. The highest BCUT2D eigenvalue weighted by Gasteiger charge is 2.19. The fraction of sp³-hybridized carbons (Fsp3) is 0.276. The van der Waals surface area contributed by atoms with E-state index in [0.717, 1.165) is 27.6 Å². The molecule has 1 amide bonds. The predicted molar refractivity (Wildman–Crippen MR) is 148 cm³/mol. The van der Waals surface area contributed by atoms with E-state index in [0.29, 0.717) is 37.4 Å². The summed E-state index contributed by atoms with van der Waals surface area (Å²) >= 11 is 1.34. The number of aromatic nitrogens is 2. The van der Waals surface area contributed by atoms with E-state index in [9.17, 15) is 4.79 Å². The molecule has 0 radical (unpaired) electrons. The van der Waals surface area contributed by atoms with Crippen LogP contribution >= 0.6 is 11.5 Å². The van der Waals surface area contributed by atoms with Crippen LogP contribution in [0.2, 0.25) is 0 Å². The minimum Gasteiger partial charge on any atom is -0.493 e. The number of carbonyl (C=O) groups is 1. The molecule has 0 N–H and O–H groups in total. The zero-order valence-corrected chi connectivity index (χ0v) is 22.3. The molecule has 1 aromatic heterocycles. The summed E-state index contributed by atoms with van der Waals surface area (Å²) in [7, 11) is 5.08. The van der Waals surface area contributed by atoms with Crippen molar-refractivity contribution in [1.82, 2.24) is 14.3 Å². The first-order chi connectivity index (χ1) is 18.1. The number of benzene rings is 3. The number of methoxy groups -OCH3 is 2. The number of rotatable bonds is 12. The van der Waals surface area contributed by atoms with Crippen molar-refractivity contribution in [1.29, 1.82) is 0 Å². The largest absolute Gasteiger partial charge is 0.493 e. The molecule has 4 rings (SSSR count). The van der Waals surface area contributed by atoms with E-state index < -0.39 is 0 Å². The Balaban J connectivity index is 1.43. The first-order valence-corrected chi connectivity index (χ1v) is 12.9. The molecule has 7 nitrogen and oxygen atoms in total. The summed E-state index contributed by atoms with van der Waals surface area (Å²) in [5, 5.41) is 0.747. The van der Waals surface area contributed by atoms with Gasteiger partial charge in [0.2, 0.25) is 11.0 Å². The first kappa shape index (κ1) is 26.2. The van der Waals surface area contributed by atoms with Gasteiger partial charge in [-0.15, -0.1) is 0 Å². The van der Waals surface area contributed by atoms with Crippen molar-refractivity contribution in [2.75, 3.05) is 39.3 Å². The number of hydrogen-bond donors (Lipinski definition) is 0. The highest BCUT2D eigenvalue weighted by Crippen LogP contribution is 2.28. The van der Waals surface area contributed by atoms with Gasteiger partial charge in [-0.2, -0.15) is 4.37 Å². The van der Waals surface area contributed by atoms with Gasteiger partial charge in [0.15, 0.2) is 11.5 Å². The third-order valence-electron chi connectivity index (χ3n) is 6.08. The van der Waals surface area contributed by atoms with Crippen LogP contribution in [-0.2, 0) is 24.2 Å². The van der Waals surface area contributed by atoms with Crippen molar-refractivity contribution in [2.45, 2.75) is 19.4 Å². The van der Waals surface area contributed by atoms with Gasteiger partial charge in [-0.05, 0) is 35.2 Å². The Labute approximate surface area is 222 Å². The van der Waals surface area contributed by atoms with Gasteiger partial charge in [0.05, 0.1) is 20.8 Å². The third-order valence-corrected chi connectivity index (χ3v) is 6.90. The van der Waals surface area contributed by atoms with Gasteiger partial charge >= 0.3 is 0 Å². The molecular formula is C29H32N4O3S. The monoisotopic (exact) mass is 516 g/mol. The molecule has 0 fully saturated rings. The number of carbonyl (C=O) groups excluding carboxylic acids is 1. The Morgan fingerprint density at radius 2 is 1.54 bits per heavy atom. The van der Waals surface area contributed by atoms with Crippen LogP contribution in [0.15, 0.2) is 78.9 Å². The Hall–Kier alpha value is -3.91. The number of anilines is 1. The molecule has 0 spiro atoms. The van der Waals surface area contributed by atoms with Crippen molar-refractivity contribution in [3.8, 4) is 11.5 Å². The molecule has 0 aliphatic carbocycles. The lowest BCUT2D eigenvalue weighted by Gasteiger charge is -2.25. The molecule has 0 atom stereocenters. The number of nitrogens with zero attached hydrogens (tertiary/aromatic N) is 4. The fourth-order valence-electron chi connectivity index (χ4n) is 3.96. The van der Waals surface area contributed by atoms with Crippen LogP contribution in [0.5, 0.6) is 11.5 Å². The molecule has 8 heteroatoms. The summed E-state index contributed by atoms with van der Waals surface area (Å²) < 4.78 is 15.3. The van der Waals surface area contributed by atoms with Crippen LogP contribution in [-0.4, -0.2) is 54.5 Å². The van der Waals surface area contributed by atoms with Crippen molar-refractivity contribution in [3.63, 3.8) is 0 Å². The summed E-state index contributed by atoms with van der Waals surface area (Å²) in [6.07, 6.45) is 1.37. The minimum atomic E-state index is 0.0243. The zero-order chi connectivity index (χ0) is 26.0. The van der Waals surface area contributed by atoms with Gasteiger partial charge in [-0.3, -0.25) is 4.79 Å². The highest BCUT2D eigenvalue weighted by atomic mass is 32.1. The van der Waals surface area contributed by atoms with Gasteiger partial charge < -0.3 is 19.3 Å². The molecule has 0 unspecified atom stereocenters. The highest BCUT2D eigenvalue weighted by molar-refractivity contribution is 7.09. The second-order valence-corrected chi connectivity index (χ2v) is 9.48. The summed E-state index contributed by atoms with van der Waals surface area (Å²) in [4.78, 5) is 21.8. The maximum Gasteiger partial charge on any atom is 0.241 e. The maximum absolute atomic E-state index is 13.3. The lowest BCUT2D eigenvalue weighted by atomic mass is 10.1. The Bertz CT molecular complexity index is 1280. The molecule has 4 aromatic rings. The van der Waals surface area contributed by atoms with E-state index in [1.807, 2.05) is 66.5 Å². The van der Waals surface area contributed by atoms with E-state index in [1.54, 1.807) is 19.1 Å². The number of hydrogen-bond acceptors (Lipinski definition) is 7. The lowest BCUT2D eigenvalue weighted by molar-refractivity contribution is -0.128. The molecule has 0 saturated carbocycles. The van der Waals surface area contributed by atoms with Crippen molar-refractivity contribution < 1.29 is 14.3 Å². The molecule has 37 heavy (non-hydrogen) atoms. The van der Waals surface area contributed by atoms with Crippen molar-refractivity contribution in [2.24, 2.45) is 0 Å². The molecule has 192 valence electrons. The minimum absolute atomic E-state index is 0.0243. The Morgan fingerprint density at radius 3 is 2.22 bits per heavy atom. The summed E-state index contributed by atoms with van der Waals surface area (Å²) in [5.41, 5.74) is 3.35. The smallest absolute Gasteiger partial charge is 0.241 e. The predicted octanol–water partition coefficient (Wildman–Crippen LogP) is 4.85. The fourth-order valence-corrected chi connectivity index (χ4v) is 4.64. The molecule has 0 saturated heterocycles. The van der Waals surface area contributed by atoms with Crippen LogP contribution in [0, 0.1) is 0 Å². The van der Waals surface area contributed by atoms with Gasteiger partial charge in [0, 0.05) is 38.1 Å². The third kappa shape index (κ3) is 7.30. The average Bonchev–Trinajstić information content (AvgIpc) is 3.40. The Kier molecular flexibility index (Phi) is 9.10. The van der Waals surface area contributed by atoms with E-state index in [-0.39, 0.29) is 12.5 Å². The molecule has 1 heterocycles. The molecule has 0 bridgehead atoms. The number of likely N-dealkylation sites (N-methyl/N-ethyl adjacent to an activating group) is 1. The van der Waals surface area contributed by atoms with E-state index in [2.05, 4.69) is 28.6 Å². The van der Waals surface area contributed by atoms with Crippen LogP contribution in [0.4, 0.5) is 5.13 Å². The van der Waals surface area contributed by atoms with Crippen LogP contribution in [0.3, 0.4) is 0 Å². The van der Waals surface area contributed by atoms with Crippen molar-refractivity contribution in [3.05, 3.63) is 101 Å². The standard InChI is InChI=1S/C29H32N4O3S/c1-32(17-16-23-14-15-25(35-2)26(18-23)36-3)28(34)21-33(20-24-12-8-5-9-13-24)29-30-27(31-37-29)19-22-10-6-4-7-11-22/h4-15,18H,16-17,19-21H2,1-3H3. The van der Waals surface area contributed by atoms with Crippen molar-refractivity contribution >= 4 is 22.6 Å². The molecule has 3 aromatic carbocycles. The van der Waals surface area contributed by atoms with Crippen LogP contribution in [0.25, 0.3) is 0 Å². The number of ether oxygens (including phenoxy) is 2. The average molecular weight is 517 g/mol. The van der Waals surface area contributed by atoms with E-state index in [4.69, 9.17) is 14.5 Å². The Morgan fingerprint density at radius 1 is 0.865 bits per heavy atom. The first-order valence-electron chi connectivity index (χ1n) is 12.2. The van der Waals surface area contributed by atoms with Gasteiger partial charge in [-0.1, -0.05) is 66.7 Å². The van der Waals surface area contributed by atoms with Crippen LogP contribution < -0.4 is 14.4 Å². The quantitative estimate of drug-likeness (QED) is 0.268. The van der Waals surface area contributed by atoms with Gasteiger partial charge in [-0.25, -0.2) is 4.98 Å².